The number of aromatic hydroxyl groups is 1. The van der Waals surface area contributed by atoms with Gasteiger partial charge in [-0.15, -0.1) is 0 Å². The minimum absolute atomic E-state index is 0.435. The topological polar surface area (TPSA) is 23.5 Å². The summed E-state index contributed by atoms with van der Waals surface area (Å²) < 4.78 is 2.11. The van der Waals surface area contributed by atoms with Crippen LogP contribution in [0.25, 0.3) is 0 Å². The quantitative estimate of drug-likeness (QED) is 0.639. The monoisotopic (exact) mass is 491 g/mol. The van der Waals surface area contributed by atoms with Gasteiger partial charge in [0.2, 0.25) is 0 Å². The Labute approximate surface area is 146 Å². The summed E-state index contributed by atoms with van der Waals surface area (Å²) in [5.74, 6) is 0.435. The van der Waals surface area contributed by atoms with Gasteiger partial charge >= 0.3 is 0 Å². The molecule has 3 rings (SSSR count). The van der Waals surface area contributed by atoms with Crippen LogP contribution in [0.1, 0.15) is 16.7 Å². The summed E-state index contributed by atoms with van der Waals surface area (Å²) in [6, 6.07) is 12.7. The van der Waals surface area contributed by atoms with Crippen LogP contribution >= 0.6 is 45.2 Å². The minimum atomic E-state index is 0.435. The zero-order valence-corrected chi connectivity index (χ0v) is 15.3. The van der Waals surface area contributed by atoms with Crippen molar-refractivity contribution in [1.82, 2.24) is 4.90 Å². The molecule has 0 aliphatic carbocycles. The average Bonchev–Trinajstić information content (AvgIpc) is 2.44. The lowest BCUT2D eigenvalue weighted by Gasteiger charge is -2.29. The number of phenols is 1. The van der Waals surface area contributed by atoms with Crippen molar-refractivity contribution in [3.8, 4) is 5.75 Å². The highest BCUT2D eigenvalue weighted by Gasteiger charge is 2.17. The Balaban J connectivity index is 1.80. The number of rotatable bonds is 2. The highest BCUT2D eigenvalue weighted by atomic mass is 127. The summed E-state index contributed by atoms with van der Waals surface area (Å²) in [4.78, 5) is 2.41. The van der Waals surface area contributed by atoms with Crippen LogP contribution in [0.4, 0.5) is 0 Å². The second-order valence-corrected chi connectivity index (χ2v) is 7.53. The fourth-order valence-corrected chi connectivity index (χ4v) is 4.63. The van der Waals surface area contributed by atoms with Crippen molar-refractivity contribution < 1.29 is 5.11 Å². The summed E-state index contributed by atoms with van der Waals surface area (Å²) in [6.45, 7) is 2.84. The maximum absolute atomic E-state index is 10.2. The van der Waals surface area contributed by atoms with Gasteiger partial charge in [0.25, 0.3) is 0 Å². The number of hydrogen-bond acceptors (Lipinski definition) is 2. The van der Waals surface area contributed by atoms with E-state index in [2.05, 4.69) is 80.4 Å². The van der Waals surface area contributed by atoms with Crippen molar-refractivity contribution >= 4 is 45.2 Å². The molecule has 0 aromatic heterocycles. The molecule has 1 N–H and O–H groups in total. The van der Waals surface area contributed by atoms with E-state index in [4.69, 9.17) is 0 Å². The van der Waals surface area contributed by atoms with E-state index in [-0.39, 0.29) is 0 Å². The smallest absolute Gasteiger partial charge is 0.133 e. The first-order valence-corrected chi connectivity index (χ1v) is 8.75. The molecule has 20 heavy (non-hydrogen) atoms. The molecule has 0 saturated heterocycles. The fourth-order valence-electron chi connectivity index (χ4n) is 2.67. The molecule has 0 atom stereocenters. The number of nitrogens with zero attached hydrogens (tertiary/aromatic N) is 1. The van der Waals surface area contributed by atoms with E-state index in [0.717, 1.165) is 35.2 Å². The van der Waals surface area contributed by atoms with E-state index in [1.54, 1.807) is 0 Å². The first kappa shape index (κ1) is 14.6. The molecular weight excluding hydrogens is 476 g/mol. The average molecular weight is 491 g/mol. The second-order valence-electron chi connectivity index (χ2n) is 5.12. The highest BCUT2D eigenvalue weighted by Crippen LogP contribution is 2.29. The Hall–Kier alpha value is -0.340. The van der Waals surface area contributed by atoms with Crippen LogP contribution < -0.4 is 0 Å². The van der Waals surface area contributed by atoms with Crippen molar-refractivity contribution in [2.24, 2.45) is 0 Å². The van der Waals surface area contributed by atoms with E-state index in [1.165, 1.54) is 14.7 Å². The number of phenolic OH excluding ortho intramolecular Hbond substituents is 1. The van der Waals surface area contributed by atoms with Gasteiger partial charge in [-0.05, 0) is 74.9 Å². The van der Waals surface area contributed by atoms with Gasteiger partial charge < -0.3 is 5.11 Å². The van der Waals surface area contributed by atoms with Gasteiger partial charge in [-0.1, -0.05) is 24.3 Å². The van der Waals surface area contributed by atoms with Gasteiger partial charge in [0.15, 0.2) is 0 Å². The lowest BCUT2D eigenvalue weighted by atomic mass is 9.99. The van der Waals surface area contributed by atoms with Gasteiger partial charge in [-0.2, -0.15) is 0 Å². The third-order valence-electron chi connectivity index (χ3n) is 3.71. The van der Waals surface area contributed by atoms with Gasteiger partial charge in [-0.3, -0.25) is 4.90 Å². The maximum atomic E-state index is 10.2. The van der Waals surface area contributed by atoms with Crippen molar-refractivity contribution in [2.75, 3.05) is 6.54 Å². The largest absolute Gasteiger partial charge is 0.507 e. The third-order valence-corrected chi connectivity index (χ3v) is 5.16. The molecule has 1 aliphatic rings. The number of fused-ring (bicyclic) bond motifs is 1. The summed E-state index contributed by atoms with van der Waals surface area (Å²) in [5.41, 5.74) is 3.91. The Kier molecular flexibility index (Phi) is 4.52. The second kappa shape index (κ2) is 6.19. The molecule has 1 aliphatic heterocycles. The van der Waals surface area contributed by atoms with Crippen LogP contribution in [-0.2, 0) is 19.5 Å². The molecule has 4 heteroatoms. The van der Waals surface area contributed by atoms with Crippen molar-refractivity contribution in [1.29, 1.82) is 0 Å². The van der Waals surface area contributed by atoms with E-state index >= 15 is 0 Å². The molecular formula is C16H15I2NO. The molecule has 0 spiro atoms. The molecule has 0 unspecified atom stereocenters. The third kappa shape index (κ3) is 3.12. The van der Waals surface area contributed by atoms with Crippen LogP contribution in [0.15, 0.2) is 36.4 Å². The Bertz CT molecular complexity index is 642. The standard InChI is InChI=1S/C16H15I2NO/c17-14-7-13(16(20)15(18)8-14)10-19-6-5-11-3-1-2-4-12(11)9-19/h1-4,7-8,20H,5-6,9-10H2. The summed E-state index contributed by atoms with van der Waals surface area (Å²) >= 11 is 4.50. The first-order valence-electron chi connectivity index (χ1n) is 6.59. The molecule has 2 nitrogen and oxygen atoms in total. The predicted molar refractivity (Wildman–Crippen MR) is 97.8 cm³/mol. The molecule has 104 valence electrons. The Morgan fingerprint density at radius 2 is 1.85 bits per heavy atom. The van der Waals surface area contributed by atoms with Crippen LogP contribution in [0.5, 0.6) is 5.75 Å². The predicted octanol–water partition coefficient (Wildman–Crippen LogP) is 4.16. The lowest BCUT2D eigenvalue weighted by molar-refractivity contribution is 0.242. The van der Waals surface area contributed by atoms with E-state index in [1.807, 2.05) is 6.07 Å². The lowest BCUT2D eigenvalue weighted by Crippen LogP contribution is -2.30. The van der Waals surface area contributed by atoms with Gasteiger partial charge in [-0.25, -0.2) is 0 Å². The number of hydrogen-bond donors (Lipinski definition) is 1. The maximum Gasteiger partial charge on any atom is 0.133 e. The highest BCUT2D eigenvalue weighted by molar-refractivity contribution is 14.1. The zero-order valence-electron chi connectivity index (χ0n) is 10.9. The molecule has 2 aromatic carbocycles. The van der Waals surface area contributed by atoms with Crippen LogP contribution in [0.2, 0.25) is 0 Å². The van der Waals surface area contributed by atoms with Gasteiger partial charge in [0, 0.05) is 28.8 Å². The molecule has 0 fully saturated rings. The minimum Gasteiger partial charge on any atom is -0.507 e. The van der Waals surface area contributed by atoms with Crippen LogP contribution in [-0.4, -0.2) is 16.6 Å². The SMILES string of the molecule is Oc1c(I)cc(I)cc1CN1CCc2ccccc2C1. The Morgan fingerprint density at radius 1 is 1.10 bits per heavy atom. The zero-order chi connectivity index (χ0) is 14.1. The van der Waals surface area contributed by atoms with Crippen molar-refractivity contribution in [3.63, 3.8) is 0 Å². The summed E-state index contributed by atoms with van der Waals surface area (Å²) in [6.07, 6.45) is 1.10. The number of benzene rings is 2. The van der Waals surface area contributed by atoms with Gasteiger partial charge in [0.05, 0.1) is 3.57 Å². The van der Waals surface area contributed by atoms with E-state index < -0.39 is 0 Å². The van der Waals surface area contributed by atoms with Gasteiger partial charge in [0.1, 0.15) is 5.75 Å². The molecule has 0 bridgehead atoms. The fraction of sp³-hybridized carbons (Fsp3) is 0.250. The normalized spacial score (nSPS) is 15.1. The molecule has 0 radical (unpaired) electrons. The van der Waals surface area contributed by atoms with Crippen LogP contribution in [0, 0.1) is 7.14 Å². The summed E-state index contributed by atoms with van der Waals surface area (Å²) in [5, 5.41) is 10.2. The van der Waals surface area contributed by atoms with Crippen LogP contribution in [0.3, 0.4) is 0 Å². The van der Waals surface area contributed by atoms with Crippen molar-refractivity contribution in [2.45, 2.75) is 19.5 Å². The molecule has 1 heterocycles. The van der Waals surface area contributed by atoms with Crippen molar-refractivity contribution in [3.05, 3.63) is 60.2 Å². The van der Waals surface area contributed by atoms with E-state index in [9.17, 15) is 5.11 Å². The summed E-state index contributed by atoms with van der Waals surface area (Å²) in [7, 11) is 0. The molecule has 0 saturated carbocycles. The Morgan fingerprint density at radius 3 is 2.65 bits per heavy atom. The number of halogens is 2. The molecule has 0 amide bonds. The van der Waals surface area contributed by atoms with E-state index in [0.29, 0.717) is 5.75 Å². The molecule has 2 aromatic rings. The first-order chi connectivity index (χ1) is 9.63.